The van der Waals surface area contributed by atoms with E-state index in [1.807, 2.05) is 0 Å². The van der Waals surface area contributed by atoms with Gasteiger partial charge in [-0.1, -0.05) is 12.1 Å². The second-order valence-corrected chi connectivity index (χ2v) is 5.84. The van der Waals surface area contributed by atoms with Gasteiger partial charge in [0.1, 0.15) is 17.3 Å². The van der Waals surface area contributed by atoms with Crippen molar-refractivity contribution in [3.63, 3.8) is 0 Å². The summed E-state index contributed by atoms with van der Waals surface area (Å²) in [6.45, 7) is 3.63. The average Bonchev–Trinajstić information content (AvgIpc) is 3.15. The van der Waals surface area contributed by atoms with Gasteiger partial charge in [-0.05, 0) is 31.9 Å². The molecule has 25 heavy (non-hydrogen) atoms. The Balaban J connectivity index is 1.86. The standard InChI is InChI=1S/C18H20N4O3/c1-12-19-15(11-16(20-12)22-9-5-6-10-22)17(23)21-14-8-4-3-7-13(14)18(24)25-2/h3-4,7-8,11H,5-6,9-10H2,1-2H3,(H,21,23). The Morgan fingerprint density at radius 3 is 2.60 bits per heavy atom. The highest BCUT2D eigenvalue weighted by Crippen LogP contribution is 2.20. The van der Waals surface area contributed by atoms with Crippen LogP contribution in [0, 0.1) is 6.92 Å². The smallest absolute Gasteiger partial charge is 0.339 e. The number of carbonyl (C=O) groups excluding carboxylic acids is 2. The zero-order valence-electron chi connectivity index (χ0n) is 14.3. The predicted octanol–water partition coefficient (Wildman–Crippen LogP) is 2.42. The molecule has 1 saturated heterocycles. The number of nitrogens with zero attached hydrogens (tertiary/aromatic N) is 3. The van der Waals surface area contributed by atoms with Gasteiger partial charge >= 0.3 is 5.97 Å². The lowest BCUT2D eigenvalue weighted by atomic mass is 10.1. The van der Waals surface area contributed by atoms with Crippen molar-refractivity contribution in [2.75, 3.05) is 30.4 Å². The molecule has 7 nitrogen and oxygen atoms in total. The molecule has 1 aromatic heterocycles. The number of aryl methyl sites for hydroxylation is 1. The van der Waals surface area contributed by atoms with Gasteiger partial charge in [0.25, 0.3) is 5.91 Å². The van der Waals surface area contributed by atoms with Crippen molar-refractivity contribution < 1.29 is 14.3 Å². The molecule has 2 aromatic rings. The number of anilines is 2. The van der Waals surface area contributed by atoms with E-state index >= 15 is 0 Å². The summed E-state index contributed by atoms with van der Waals surface area (Å²) in [5, 5.41) is 2.74. The summed E-state index contributed by atoms with van der Waals surface area (Å²) in [6.07, 6.45) is 2.24. The highest BCUT2D eigenvalue weighted by molar-refractivity contribution is 6.07. The molecule has 7 heteroatoms. The summed E-state index contributed by atoms with van der Waals surface area (Å²) >= 11 is 0. The van der Waals surface area contributed by atoms with Crippen LogP contribution in [0.3, 0.4) is 0 Å². The van der Waals surface area contributed by atoms with Crippen molar-refractivity contribution in [2.24, 2.45) is 0 Å². The van der Waals surface area contributed by atoms with Gasteiger partial charge in [-0.3, -0.25) is 4.79 Å². The van der Waals surface area contributed by atoms with Crippen LogP contribution in [-0.2, 0) is 4.74 Å². The number of esters is 1. The van der Waals surface area contributed by atoms with E-state index in [-0.39, 0.29) is 11.6 Å². The summed E-state index contributed by atoms with van der Waals surface area (Å²) in [4.78, 5) is 35.3. The molecule has 1 amide bonds. The Morgan fingerprint density at radius 2 is 1.88 bits per heavy atom. The van der Waals surface area contributed by atoms with Crippen LogP contribution in [0.25, 0.3) is 0 Å². The quantitative estimate of drug-likeness (QED) is 0.861. The van der Waals surface area contributed by atoms with Crippen molar-refractivity contribution in [2.45, 2.75) is 19.8 Å². The molecular formula is C18H20N4O3. The summed E-state index contributed by atoms with van der Waals surface area (Å²) in [5.74, 6) is 0.405. The molecule has 3 rings (SSSR count). The van der Waals surface area contributed by atoms with E-state index in [4.69, 9.17) is 4.74 Å². The molecule has 130 valence electrons. The number of rotatable bonds is 4. The highest BCUT2D eigenvalue weighted by Gasteiger charge is 2.19. The summed E-state index contributed by atoms with van der Waals surface area (Å²) < 4.78 is 4.75. The number of benzene rings is 1. The number of amides is 1. The molecular weight excluding hydrogens is 320 g/mol. The maximum Gasteiger partial charge on any atom is 0.339 e. The Kier molecular flexibility index (Phi) is 4.92. The molecule has 0 bridgehead atoms. The van der Waals surface area contributed by atoms with Crippen molar-refractivity contribution in [3.05, 3.63) is 47.4 Å². The first-order valence-electron chi connectivity index (χ1n) is 8.18. The number of aromatic nitrogens is 2. The number of carbonyl (C=O) groups is 2. The summed E-state index contributed by atoms with van der Waals surface area (Å²) in [7, 11) is 1.30. The molecule has 0 unspecified atom stereocenters. The van der Waals surface area contributed by atoms with E-state index in [0.717, 1.165) is 31.7 Å². The Morgan fingerprint density at radius 1 is 1.16 bits per heavy atom. The lowest BCUT2D eigenvalue weighted by molar-refractivity contribution is 0.0602. The molecule has 0 aliphatic carbocycles. The summed E-state index contributed by atoms with van der Waals surface area (Å²) in [5.41, 5.74) is 0.955. The molecule has 0 radical (unpaired) electrons. The zero-order chi connectivity index (χ0) is 17.8. The van der Waals surface area contributed by atoms with Crippen LogP contribution in [0.2, 0.25) is 0 Å². The van der Waals surface area contributed by atoms with Gasteiger partial charge < -0.3 is 15.0 Å². The number of para-hydroxylation sites is 1. The molecule has 0 saturated carbocycles. The maximum absolute atomic E-state index is 12.6. The molecule has 1 aliphatic rings. The first-order valence-corrected chi connectivity index (χ1v) is 8.18. The highest BCUT2D eigenvalue weighted by atomic mass is 16.5. The van der Waals surface area contributed by atoms with Gasteiger partial charge in [-0.25, -0.2) is 14.8 Å². The summed E-state index contributed by atoms with van der Waals surface area (Å²) in [6, 6.07) is 8.39. The molecule has 0 spiro atoms. The van der Waals surface area contributed by atoms with Crippen LogP contribution in [0.15, 0.2) is 30.3 Å². The van der Waals surface area contributed by atoms with Crippen LogP contribution in [0.1, 0.15) is 39.5 Å². The third kappa shape index (κ3) is 3.76. The van der Waals surface area contributed by atoms with E-state index in [2.05, 4.69) is 20.2 Å². The maximum atomic E-state index is 12.6. The second kappa shape index (κ2) is 7.29. The molecule has 2 heterocycles. The third-order valence-electron chi connectivity index (χ3n) is 4.07. The van der Waals surface area contributed by atoms with E-state index in [1.54, 1.807) is 37.3 Å². The number of nitrogens with one attached hydrogen (secondary N) is 1. The number of hydrogen-bond donors (Lipinski definition) is 1. The minimum atomic E-state index is -0.507. The average molecular weight is 340 g/mol. The molecule has 1 fully saturated rings. The number of ether oxygens (including phenoxy) is 1. The SMILES string of the molecule is COC(=O)c1ccccc1NC(=O)c1cc(N2CCCC2)nc(C)n1. The molecule has 1 aliphatic heterocycles. The Labute approximate surface area is 146 Å². The van der Waals surface area contributed by atoms with Crippen molar-refractivity contribution in [1.29, 1.82) is 0 Å². The van der Waals surface area contributed by atoms with Crippen LogP contribution in [0.5, 0.6) is 0 Å². The lowest BCUT2D eigenvalue weighted by Gasteiger charge is -2.17. The molecule has 1 aromatic carbocycles. The predicted molar refractivity (Wildman–Crippen MR) is 94.0 cm³/mol. The second-order valence-electron chi connectivity index (χ2n) is 5.84. The normalized spacial score (nSPS) is 13.6. The van der Waals surface area contributed by atoms with Gasteiger partial charge in [0.05, 0.1) is 18.4 Å². The van der Waals surface area contributed by atoms with Crippen molar-refractivity contribution in [3.8, 4) is 0 Å². The van der Waals surface area contributed by atoms with Gasteiger partial charge in [0.2, 0.25) is 0 Å². The van der Waals surface area contributed by atoms with Crippen LogP contribution in [0.4, 0.5) is 11.5 Å². The van der Waals surface area contributed by atoms with E-state index in [9.17, 15) is 9.59 Å². The van der Waals surface area contributed by atoms with E-state index in [1.165, 1.54) is 7.11 Å². The Bertz CT molecular complexity index is 801. The van der Waals surface area contributed by atoms with Gasteiger partial charge in [-0.2, -0.15) is 0 Å². The lowest BCUT2D eigenvalue weighted by Crippen LogP contribution is -2.22. The molecule has 0 atom stereocenters. The largest absolute Gasteiger partial charge is 0.465 e. The van der Waals surface area contributed by atoms with Gasteiger partial charge in [0, 0.05) is 19.2 Å². The number of methoxy groups -OCH3 is 1. The third-order valence-corrected chi connectivity index (χ3v) is 4.07. The van der Waals surface area contributed by atoms with E-state index in [0.29, 0.717) is 17.1 Å². The number of hydrogen-bond acceptors (Lipinski definition) is 6. The fourth-order valence-corrected chi connectivity index (χ4v) is 2.84. The van der Waals surface area contributed by atoms with Crippen molar-refractivity contribution >= 4 is 23.4 Å². The minimum absolute atomic E-state index is 0.272. The minimum Gasteiger partial charge on any atom is -0.465 e. The van der Waals surface area contributed by atoms with Gasteiger partial charge in [-0.15, -0.1) is 0 Å². The van der Waals surface area contributed by atoms with Crippen LogP contribution < -0.4 is 10.2 Å². The fraction of sp³-hybridized carbons (Fsp3) is 0.333. The fourth-order valence-electron chi connectivity index (χ4n) is 2.84. The van der Waals surface area contributed by atoms with E-state index < -0.39 is 5.97 Å². The molecule has 1 N–H and O–H groups in total. The topological polar surface area (TPSA) is 84.4 Å². The first-order chi connectivity index (χ1) is 12.1. The van der Waals surface area contributed by atoms with Gasteiger partial charge in [0.15, 0.2) is 0 Å². The van der Waals surface area contributed by atoms with Crippen LogP contribution >= 0.6 is 0 Å². The first kappa shape index (κ1) is 16.9. The van der Waals surface area contributed by atoms with Crippen LogP contribution in [-0.4, -0.2) is 42.0 Å². The monoisotopic (exact) mass is 340 g/mol. The Hall–Kier alpha value is -2.96. The van der Waals surface area contributed by atoms with Crippen molar-refractivity contribution in [1.82, 2.24) is 9.97 Å². The zero-order valence-corrected chi connectivity index (χ0v) is 14.3.